The average molecular weight is 228 g/mol. The van der Waals surface area contributed by atoms with E-state index in [-0.39, 0.29) is 0 Å². The van der Waals surface area contributed by atoms with Crippen molar-refractivity contribution in [1.29, 1.82) is 0 Å². The predicted molar refractivity (Wildman–Crippen MR) is 56.2 cm³/mol. The molecule has 4 heteroatoms. The Morgan fingerprint density at radius 1 is 1.27 bits per heavy atom. The second kappa shape index (κ2) is 3.80. The summed E-state index contributed by atoms with van der Waals surface area (Å²) in [4.78, 5) is 4.59. The van der Waals surface area contributed by atoms with Crippen molar-refractivity contribution < 1.29 is 9.15 Å². The Balaban J connectivity index is 1.88. The number of oxazole rings is 1. The molecule has 1 saturated carbocycles. The molecule has 1 unspecified atom stereocenters. The molecule has 82 valence electrons. The minimum absolute atomic E-state index is 0.347. The lowest BCUT2D eigenvalue weighted by atomic mass is 10.1. The number of ether oxygens (including phenoxy) is 1. The van der Waals surface area contributed by atoms with Gasteiger partial charge < -0.3 is 9.15 Å². The van der Waals surface area contributed by atoms with Crippen LogP contribution in [0.25, 0.3) is 0 Å². The summed E-state index contributed by atoms with van der Waals surface area (Å²) in [6, 6.07) is 0. The van der Waals surface area contributed by atoms with E-state index in [4.69, 9.17) is 20.8 Å². The van der Waals surface area contributed by atoms with Crippen LogP contribution >= 0.6 is 11.6 Å². The van der Waals surface area contributed by atoms with Crippen molar-refractivity contribution >= 4 is 11.6 Å². The van der Waals surface area contributed by atoms with E-state index >= 15 is 0 Å². The highest BCUT2D eigenvalue weighted by molar-refractivity contribution is 6.16. The molecule has 0 aromatic carbocycles. The van der Waals surface area contributed by atoms with E-state index in [2.05, 4.69) is 4.98 Å². The van der Waals surface area contributed by atoms with Crippen molar-refractivity contribution in [1.82, 2.24) is 4.98 Å². The van der Waals surface area contributed by atoms with Crippen molar-refractivity contribution in [2.75, 3.05) is 13.2 Å². The number of alkyl halides is 1. The van der Waals surface area contributed by atoms with Crippen LogP contribution in [0.2, 0.25) is 0 Å². The first-order chi connectivity index (χ1) is 7.38. The maximum absolute atomic E-state index is 5.86. The molecular formula is C11H14ClNO2. The molecule has 2 heterocycles. The summed E-state index contributed by atoms with van der Waals surface area (Å²) >= 11 is 5.86. The van der Waals surface area contributed by atoms with Gasteiger partial charge in [0.15, 0.2) is 5.89 Å². The standard InChI is InChI=1S/C11H14ClNO2/c12-5-9-10(7-1-2-7)13-11(15-9)8-3-4-14-6-8/h7-8H,1-6H2. The number of rotatable bonds is 3. The number of halogens is 1. The molecule has 1 aliphatic heterocycles. The molecule has 15 heavy (non-hydrogen) atoms. The first-order valence-electron chi connectivity index (χ1n) is 5.51. The van der Waals surface area contributed by atoms with E-state index in [0.717, 1.165) is 37.0 Å². The zero-order chi connectivity index (χ0) is 10.3. The van der Waals surface area contributed by atoms with Gasteiger partial charge in [0.1, 0.15) is 5.76 Å². The van der Waals surface area contributed by atoms with Gasteiger partial charge in [-0.3, -0.25) is 0 Å². The molecule has 2 fully saturated rings. The van der Waals surface area contributed by atoms with E-state index in [0.29, 0.717) is 17.7 Å². The van der Waals surface area contributed by atoms with Crippen molar-refractivity contribution in [2.45, 2.75) is 37.0 Å². The quantitative estimate of drug-likeness (QED) is 0.745. The number of aromatic nitrogens is 1. The maximum Gasteiger partial charge on any atom is 0.200 e. The van der Waals surface area contributed by atoms with Gasteiger partial charge in [-0.15, -0.1) is 11.6 Å². The van der Waals surface area contributed by atoms with Crippen LogP contribution in [-0.4, -0.2) is 18.2 Å². The van der Waals surface area contributed by atoms with Crippen LogP contribution in [0, 0.1) is 0 Å². The van der Waals surface area contributed by atoms with Crippen LogP contribution in [0.15, 0.2) is 4.42 Å². The molecule has 1 aromatic heterocycles. The van der Waals surface area contributed by atoms with Crippen LogP contribution in [0.5, 0.6) is 0 Å². The molecular weight excluding hydrogens is 214 g/mol. The third-order valence-corrected chi connectivity index (χ3v) is 3.35. The average Bonchev–Trinajstić information content (AvgIpc) is 2.83. The van der Waals surface area contributed by atoms with Gasteiger partial charge in [-0.25, -0.2) is 4.98 Å². The van der Waals surface area contributed by atoms with E-state index in [1.807, 2.05) is 0 Å². The summed E-state index contributed by atoms with van der Waals surface area (Å²) in [6.45, 7) is 1.56. The van der Waals surface area contributed by atoms with Crippen LogP contribution in [0.4, 0.5) is 0 Å². The first kappa shape index (κ1) is 9.67. The largest absolute Gasteiger partial charge is 0.444 e. The lowest BCUT2D eigenvalue weighted by Gasteiger charge is -1.99. The second-order valence-electron chi connectivity index (χ2n) is 4.33. The maximum atomic E-state index is 5.86. The van der Waals surface area contributed by atoms with E-state index in [9.17, 15) is 0 Å². The van der Waals surface area contributed by atoms with Gasteiger partial charge in [0.05, 0.1) is 24.1 Å². The molecule has 1 atom stereocenters. The SMILES string of the molecule is ClCc1oc(C2CCOC2)nc1C1CC1. The molecule has 2 aliphatic rings. The predicted octanol–water partition coefficient (Wildman–Crippen LogP) is 2.79. The van der Waals surface area contributed by atoms with Crippen LogP contribution in [-0.2, 0) is 10.6 Å². The minimum atomic E-state index is 0.347. The Labute approximate surface area is 93.8 Å². The monoisotopic (exact) mass is 227 g/mol. The molecule has 0 N–H and O–H groups in total. The highest BCUT2D eigenvalue weighted by Gasteiger charge is 2.32. The summed E-state index contributed by atoms with van der Waals surface area (Å²) in [5, 5.41) is 0. The lowest BCUT2D eigenvalue weighted by molar-refractivity contribution is 0.190. The molecule has 3 nitrogen and oxygen atoms in total. The summed E-state index contributed by atoms with van der Waals surface area (Å²) < 4.78 is 11.1. The molecule has 0 amide bonds. The van der Waals surface area contributed by atoms with Crippen LogP contribution in [0.1, 0.15) is 48.4 Å². The van der Waals surface area contributed by atoms with Gasteiger partial charge in [0.25, 0.3) is 0 Å². The van der Waals surface area contributed by atoms with Gasteiger partial charge in [-0.1, -0.05) is 0 Å². The molecule has 0 spiro atoms. The van der Waals surface area contributed by atoms with Gasteiger partial charge in [-0.05, 0) is 19.3 Å². The normalized spacial score (nSPS) is 26.1. The van der Waals surface area contributed by atoms with Crippen LogP contribution < -0.4 is 0 Å². The Kier molecular flexibility index (Phi) is 2.45. The molecule has 1 saturated heterocycles. The van der Waals surface area contributed by atoms with Gasteiger partial charge in [0.2, 0.25) is 0 Å². The topological polar surface area (TPSA) is 35.3 Å². The van der Waals surface area contributed by atoms with Crippen molar-refractivity contribution in [2.24, 2.45) is 0 Å². The molecule has 0 bridgehead atoms. The first-order valence-corrected chi connectivity index (χ1v) is 6.05. The zero-order valence-corrected chi connectivity index (χ0v) is 9.29. The molecule has 1 aromatic rings. The third-order valence-electron chi connectivity index (χ3n) is 3.11. The van der Waals surface area contributed by atoms with Crippen molar-refractivity contribution in [3.05, 3.63) is 17.3 Å². The number of nitrogens with zero attached hydrogens (tertiary/aromatic N) is 1. The Bertz CT molecular complexity index is 353. The second-order valence-corrected chi connectivity index (χ2v) is 4.60. The van der Waals surface area contributed by atoms with Crippen molar-refractivity contribution in [3.8, 4) is 0 Å². The van der Waals surface area contributed by atoms with E-state index in [1.54, 1.807) is 0 Å². The highest BCUT2D eigenvalue weighted by atomic mass is 35.5. The van der Waals surface area contributed by atoms with Gasteiger partial charge in [-0.2, -0.15) is 0 Å². The summed E-state index contributed by atoms with van der Waals surface area (Å²) in [7, 11) is 0. The fourth-order valence-electron chi connectivity index (χ4n) is 2.06. The zero-order valence-electron chi connectivity index (χ0n) is 8.54. The Morgan fingerprint density at radius 3 is 2.73 bits per heavy atom. The molecule has 0 radical (unpaired) electrons. The fourth-order valence-corrected chi connectivity index (χ4v) is 2.25. The Morgan fingerprint density at radius 2 is 2.13 bits per heavy atom. The van der Waals surface area contributed by atoms with Gasteiger partial charge >= 0.3 is 0 Å². The summed E-state index contributed by atoms with van der Waals surface area (Å²) in [6.07, 6.45) is 3.49. The van der Waals surface area contributed by atoms with Crippen LogP contribution in [0.3, 0.4) is 0 Å². The van der Waals surface area contributed by atoms with Gasteiger partial charge in [0, 0.05) is 12.5 Å². The van der Waals surface area contributed by atoms with E-state index in [1.165, 1.54) is 12.8 Å². The molecule has 3 rings (SSSR count). The summed E-state index contributed by atoms with van der Waals surface area (Å²) in [5.74, 6) is 3.11. The van der Waals surface area contributed by atoms with E-state index < -0.39 is 0 Å². The smallest absolute Gasteiger partial charge is 0.200 e. The van der Waals surface area contributed by atoms with Crippen molar-refractivity contribution in [3.63, 3.8) is 0 Å². The Hall–Kier alpha value is -0.540. The fraction of sp³-hybridized carbons (Fsp3) is 0.727. The third kappa shape index (κ3) is 1.79. The summed E-state index contributed by atoms with van der Waals surface area (Å²) in [5.41, 5.74) is 1.10. The minimum Gasteiger partial charge on any atom is -0.444 e. The number of hydrogen-bond acceptors (Lipinski definition) is 3. The highest BCUT2D eigenvalue weighted by Crippen LogP contribution is 2.42. The number of hydrogen-bond donors (Lipinski definition) is 0. The lowest BCUT2D eigenvalue weighted by Crippen LogP contribution is -1.97. The molecule has 1 aliphatic carbocycles.